The lowest BCUT2D eigenvalue weighted by Gasteiger charge is -2.14. The quantitative estimate of drug-likeness (QED) is 0.648. The van der Waals surface area contributed by atoms with Crippen LogP contribution in [0.5, 0.6) is 11.5 Å². The molecule has 0 bridgehead atoms. The van der Waals surface area contributed by atoms with E-state index >= 15 is 0 Å². The molecule has 0 aromatic heterocycles. The molecule has 6 heteroatoms. The summed E-state index contributed by atoms with van der Waals surface area (Å²) in [5.41, 5.74) is 1.22. The minimum absolute atomic E-state index is 0.223. The number of para-hydroxylation sites is 1. The van der Waals surface area contributed by atoms with Crippen LogP contribution in [0, 0.1) is 5.92 Å². The molecular formula is C21H26N2O3S. The monoisotopic (exact) mass is 386 g/mol. The Morgan fingerprint density at radius 3 is 2.44 bits per heavy atom. The van der Waals surface area contributed by atoms with Gasteiger partial charge in [-0.25, -0.2) is 0 Å². The lowest BCUT2D eigenvalue weighted by molar-refractivity contribution is 0.0973. The highest BCUT2D eigenvalue weighted by Gasteiger charge is 2.13. The van der Waals surface area contributed by atoms with Crippen LogP contribution in [0.1, 0.15) is 37.6 Å². The molecule has 0 spiro atoms. The van der Waals surface area contributed by atoms with Gasteiger partial charge in [-0.05, 0) is 67.9 Å². The van der Waals surface area contributed by atoms with E-state index in [-0.39, 0.29) is 11.0 Å². The van der Waals surface area contributed by atoms with Crippen molar-refractivity contribution in [2.24, 2.45) is 5.92 Å². The number of amides is 1. The zero-order valence-corrected chi connectivity index (χ0v) is 16.8. The number of hydrogen-bond donors (Lipinski definition) is 2. The molecule has 2 aromatic carbocycles. The van der Waals surface area contributed by atoms with Crippen molar-refractivity contribution in [1.29, 1.82) is 0 Å². The normalized spacial score (nSPS) is 10.4. The molecule has 144 valence electrons. The average Bonchev–Trinajstić information content (AvgIpc) is 2.63. The number of benzene rings is 2. The first-order chi connectivity index (χ1) is 13.0. The van der Waals surface area contributed by atoms with Crippen molar-refractivity contribution in [2.45, 2.75) is 27.2 Å². The van der Waals surface area contributed by atoms with Crippen molar-refractivity contribution in [3.05, 3.63) is 54.1 Å². The molecule has 0 aliphatic carbocycles. The lowest BCUT2D eigenvalue weighted by atomic mass is 10.1. The molecule has 0 saturated heterocycles. The van der Waals surface area contributed by atoms with Gasteiger partial charge in [-0.1, -0.05) is 26.0 Å². The topological polar surface area (TPSA) is 59.6 Å². The van der Waals surface area contributed by atoms with Crippen molar-refractivity contribution in [1.82, 2.24) is 5.32 Å². The average molecular weight is 387 g/mol. The molecule has 0 aliphatic heterocycles. The van der Waals surface area contributed by atoms with Gasteiger partial charge >= 0.3 is 0 Å². The molecule has 0 fully saturated rings. The van der Waals surface area contributed by atoms with Gasteiger partial charge in [0.2, 0.25) is 0 Å². The van der Waals surface area contributed by atoms with Crippen LogP contribution >= 0.6 is 12.2 Å². The molecule has 0 saturated carbocycles. The number of hydrogen-bond acceptors (Lipinski definition) is 4. The first-order valence-electron chi connectivity index (χ1n) is 9.06. The van der Waals surface area contributed by atoms with Crippen LogP contribution in [0.25, 0.3) is 0 Å². The van der Waals surface area contributed by atoms with Crippen molar-refractivity contribution < 1.29 is 14.3 Å². The van der Waals surface area contributed by atoms with E-state index in [2.05, 4.69) is 24.5 Å². The van der Waals surface area contributed by atoms with Crippen LogP contribution in [0.4, 0.5) is 5.69 Å². The van der Waals surface area contributed by atoms with Gasteiger partial charge in [0.05, 0.1) is 18.8 Å². The highest BCUT2D eigenvalue weighted by Crippen LogP contribution is 2.19. The van der Waals surface area contributed by atoms with Gasteiger partial charge in [-0.15, -0.1) is 0 Å². The minimum atomic E-state index is -0.307. The summed E-state index contributed by atoms with van der Waals surface area (Å²) >= 11 is 5.25. The Bertz CT molecular complexity index is 760. The van der Waals surface area contributed by atoms with E-state index in [1.54, 1.807) is 18.2 Å². The SMILES string of the molecule is CCOc1ccc(NC(=S)NC(=O)c2ccccc2OCCC(C)C)cc1. The Balaban J connectivity index is 1.94. The highest BCUT2D eigenvalue weighted by molar-refractivity contribution is 7.80. The smallest absolute Gasteiger partial charge is 0.261 e. The zero-order valence-electron chi connectivity index (χ0n) is 16.0. The molecule has 0 atom stereocenters. The van der Waals surface area contributed by atoms with Gasteiger partial charge in [0.25, 0.3) is 5.91 Å². The fourth-order valence-corrected chi connectivity index (χ4v) is 2.53. The predicted octanol–water partition coefficient (Wildman–Crippen LogP) is 4.64. The Hall–Kier alpha value is -2.60. The van der Waals surface area contributed by atoms with E-state index in [4.69, 9.17) is 21.7 Å². The second-order valence-corrected chi connectivity index (χ2v) is 6.80. The standard InChI is InChI=1S/C21H26N2O3S/c1-4-25-17-11-9-16(10-12-17)22-21(27)23-20(24)18-7-5-6-8-19(18)26-14-13-15(2)3/h5-12,15H,4,13-14H2,1-3H3,(H2,22,23,24,27). The second kappa shape index (κ2) is 10.5. The summed E-state index contributed by atoms with van der Waals surface area (Å²) in [7, 11) is 0. The van der Waals surface area contributed by atoms with Crippen molar-refractivity contribution >= 4 is 28.9 Å². The summed E-state index contributed by atoms with van der Waals surface area (Å²) in [6, 6.07) is 14.5. The highest BCUT2D eigenvalue weighted by atomic mass is 32.1. The summed E-state index contributed by atoms with van der Waals surface area (Å²) in [5, 5.41) is 5.91. The Labute approximate surface area is 166 Å². The molecule has 0 unspecified atom stereocenters. The fourth-order valence-electron chi connectivity index (χ4n) is 2.32. The summed E-state index contributed by atoms with van der Waals surface area (Å²) in [4.78, 5) is 12.6. The predicted molar refractivity (Wildman–Crippen MR) is 113 cm³/mol. The van der Waals surface area contributed by atoms with E-state index in [0.717, 1.165) is 17.9 Å². The number of carbonyl (C=O) groups is 1. The third kappa shape index (κ3) is 6.90. The summed E-state index contributed by atoms with van der Waals surface area (Å²) < 4.78 is 11.2. The van der Waals surface area contributed by atoms with E-state index in [1.165, 1.54) is 0 Å². The zero-order chi connectivity index (χ0) is 19.6. The maximum atomic E-state index is 12.6. The van der Waals surface area contributed by atoms with Gasteiger partial charge in [0.1, 0.15) is 11.5 Å². The maximum Gasteiger partial charge on any atom is 0.261 e. The number of nitrogens with one attached hydrogen (secondary N) is 2. The number of anilines is 1. The summed E-state index contributed by atoms with van der Waals surface area (Å²) in [6.45, 7) is 7.37. The van der Waals surface area contributed by atoms with Crippen LogP contribution < -0.4 is 20.1 Å². The Morgan fingerprint density at radius 1 is 1.07 bits per heavy atom. The molecule has 5 nitrogen and oxygen atoms in total. The van der Waals surface area contributed by atoms with Gasteiger partial charge in [-0.3, -0.25) is 10.1 Å². The van der Waals surface area contributed by atoms with E-state index < -0.39 is 0 Å². The molecular weight excluding hydrogens is 360 g/mol. The molecule has 0 heterocycles. The van der Waals surface area contributed by atoms with Crippen molar-refractivity contribution in [2.75, 3.05) is 18.5 Å². The molecule has 2 rings (SSSR count). The van der Waals surface area contributed by atoms with Gasteiger partial charge in [0, 0.05) is 5.69 Å². The minimum Gasteiger partial charge on any atom is -0.494 e. The van der Waals surface area contributed by atoms with Crippen LogP contribution in [0.2, 0.25) is 0 Å². The largest absolute Gasteiger partial charge is 0.494 e. The van der Waals surface area contributed by atoms with Crippen molar-refractivity contribution in [3.8, 4) is 11.5 Å². The van der Waals surface area contributed by atoms with Gasteiger partial charge in [0.15, 0.2) is 5.11 Å². The van der Waals surface area contributed by atoms with Gasteiger partial charge in [-0.2, -0.15) is 0 Å². The third-order valence-corrected chi connectivity index (χ3v) is 3.94. The number of carbonyl (C=O) groups excluding carboxylic acids is 1. The van der Waals surface area contributed by atoms with Gasteiger partial charge < -0.3 is 14.8 Å². The molecule has 2 aromatic rings. The number of thiocarbonyl (C=S) groups is 1. The molecule has 2 N–H and O–H groups in total. The first-order valence-corrected chi connectivity index (χ1v) is 9.47. The third-order valence-electron chi connectivity index (χ3n) is 3.73. The first kappa shape index (κ1) is 20.7. The van der Waals surface area contributed by atoms with Crippen LogP contribution in [-0.4, -0.2) is 24.2 Å². The van der Waals surface area contributed by atoms with E-state index in [9.17, 15) is 4.79 Å². The number of ether oxygens (including phenoxy) is 2. The van der Waals surface area contributed by atoms with E-state index in [1.807, 2.05) is 37.3 Å². The van der Waals surface area contributed by atoms with Crippen molar-refractivity contribution in [3.63, 3.8) is 0 Å². The Kier molecular flexibility index (Phi) is 8.07. The summed E-state index contributed by atoms with van der Waals surface area (Å²) in [5.74, 6) is 1.57. The molecule has 27 heavy (non-hydrogen) atoms. The maximum absolute atomic E-state index is 12.6. The van der Waals surface area contributed by atoms with Crippen LogP contribution in [-0.2, 0) is 0 Å². The fraction of sp³-hybridized carbons (Fsp3) is 0.333. The molecule has 0 radical (unpaired) electrons. The second-order valence-electron chi connectivity index (χ2n) is 6.39. The van der Waals surface area contributed by atoms with Crippen LogP contribution in [0.3, 0.4) is 0 Å². The Morgan fingerprint density at radius 2 is 1.78 bits per heavy atom. The van der Waals surface area contributed by atoms with Crippen LogP contribution in [0.15, 0.2) is 48.5 Å². The molecule has 1 amide bonds. The number of rotatable bonds is 8. The summed E-state index contributed by atoms with van der Waals surface area (Å²) in [6.07, 6.45) is 0.924. The molecule has 0 aliphatic rings. The van der Waals surface area contributed by atoms with E-state index in [0.29, 0.717) is 30.4 Å². The lowest BCUT2D eigenvalue weighted by Crippen LogP contribution is -2.34.